The molecule has 1 radical (unpaired) electrons. The minimum atomic E-state index is -0.769. The van der Waals surface area contributed by atoms with Gasteiger partial charge in [0.1, 0.15) is 6.07 Å². The van der Waals surface area contributed by atoms with E-state index < -0.39 is 5.66 Å². The molecule has 0 spiro atoms. The zero-order chi connectivity index (χ0) is 16.1. The van der Waals surface area contributed by atoms with Crippen LogP contribution in [0.1, 0.15) is 12.8 Å². The maximum absolute atomic E-state index is 9.90. The molecule has 1 atom stereocenters. The van der Waals surface area contributed by atoms with E-state index in [1.54, 1.807) is 23.3 Å². The lowest BCUT2D eigenvalue weighted by molar-refractivity contribution is 0.0447. The van der Waals surface area contributed by atoms with Crippen LogP contribution in [0.2, 0.25) is 0 Å². The molecule has 3 heterocycles. The molecule has 2 aromatic rings. The monoisotopic (exact) mass is 310 g/mol. The fourth-order valence-electron chi connectivity index (χ4n) is 3.06. The molecule has 0 bridgehead atoms. The maximum Gasteiger partial charge on any atom is 0.225 e. The summed E-state index contributed by atoms with van der Waals surface area (Å²) in [7, 11) is 0. The Labute approximate surface area is 136 Å². The van der Waals surface area contributed by atoms with Crippen molar-refractivity contribution in [2.45, 2.75) is 18.5 Å². The van der Waals surface area contributed by atoms with Crippen LogP contribution in [-0.2, 0) is 5.66 Å². The van der Waals surface area contributed by atoms with Crippen molar-refractivity contribution in [2.75, 3.05) is 31.1 Å². The first-order chi connectivity index (χ1) is 11.3. The maximum atomic E-state index is 9.90. The Morgan fingerprint density at radius 3 is 2.43 bits per heavy atom. The molecule has 119 valence electrons. The fraction of sp³-hybridized carbons (Fsp3) is 0.438. The molecule has 0 amide bonds. The summed E-state index contributed by atoms with van der Waals surface area (Å²) in [6.45, 7) is 7.01. The van der Waals surface area contributed by atoms with Crippen LogP contribution >= 0.6 is 0 Å². The highest BCUT2D eigenvalue weighted by Gasteiger charge is 2.40. The van der Waals surface area contributed by atoms with Crippen molar-refractivity contribution < 1.29 is 0 Å². The van der Waals surface area contributed by atoms with E-state index in [0.29, 0.717) is 12.8 Å². The van der Waals surface area contributed by atoms with E-state index in [0.717, 1.165) is 32.1 Å². The summed E-state index contributed by atoms with van der Waals surface area (Å²) in [6, 6.07) is 6.14. The minimum absolute atomic E-state index is 0.646. The summed E-state index contributed by atoms with van der Waals surface area (Å²) in [5.74, 6) is 0.742. The Kier molecular flexibility index (Phi) is 4.53. The molecule has 23 heavy (non-hydrogen) atoms. The van der Waals surface area contributed by atoms with Crippen molar-refractivity contribution in [1.29, 1.82) is 5.26 Å². The minimum Gasteiger partial charge on any atom is -0.338 e. The number of anilines is 1. The zero-order valence-electron chi connectivity index (χ0n) is 13.0. The van der Waals surface area contributed by atoms with Crippen LogP contribution in [0, 0.1) is 18.3 Å². The normalized spacial score (nSPS) is 18.3. The molecule has 1 aliphatic heterocycles. The Morgan fingerprint density at radius 1 is 1.13 bits per heavy atom. The first-order valence-electron chi connectivity index (χ1n) is 7.78. The largest absolute Gasteiger partial charge is 0.338 e. The molecule has 0 N–H and O–H groups in total. The van der Waals surface area contributed by atoms with E-state index in [9.17, 15) is 5.26 Å². The third kappa shape index (κ3) is 2.90. The lowest BCUT2D eigenvalue weighted by Gasteiger charge is -2.43. The van der Waals surface area contributed by atoms with Crippen molar-refractivity contribution in [2.24, 2.45) is 0 Å². The molecule has 0 saturated carbocycles. The number of nitrogens with zero attached hydrogens (tertiary/aromatic N) is 7. The molecule has 0 aliphatic carbocycles. The van der Waals surface area contributed by atoms with E-state index in [1.807, 2.05) is 18.3 Å². The molecule has 7 heteroatoms. The molecule has 1 saturated heterocycles. The molecule has 1 fully saturated rings. The van der Waals surface area contributed by atoms with Gasteiger partial charge in [0.2, 0.25) is 11.6 Å². The molecule has 0 aromatic carbocycles. The average molecular weight is 310 g/mol. The number of nitriles is 1. The Balaban J connectivity index is 1.77. The van der Waals surface area contributed by atoms with Crippen molar-refractivity contribution in [1.82, 2.24) is 24.6 Å². The van der Waals surface area contributed by atoms with Gasteiger partial charge in [0, 0.05) is 51.0 Å². The first-order valence-corrected chi connectivity index (χ1v) is 7.78. The van der Waals surface area contributed by atoms with Crippen molar-refractivity contribution >= 4 is 5.95 Å². The highest BCUT2D eigenvalue weighted by molar-refractivity contribution is 5.29. The second kappa shape index (κ2) is 6.75. The summed E-state index contributed by atoms with van der Waals surface area (Å²) in [6.07, 6.45) is 8.39. The Bertz CT molecular complexity index is 641. The van der Waals surface area contributed by atoms with E-state index in [1.165, 1.54) is 0 Å². The van der Waals surface area contributed by atoms with Crippen molar-refractivity contribution in [3.63, 3.8) is 0 Å². The number of piperazine rings is 1. The third-order valence-corrected chi connectivity index (χ3v) is 4.23. The van der Waals surface area contributed by atoms with Gasteiger partial charge in [-0.25, -0.2) is 14.6 Å². The lowest BCUT2D eigenvalue weighted by atomic mass is 10.0. The quantitative estimate of drug-likeness (QED) is 0.828. The smallest absolute Gasteiger partial charge is 0.225 e. The van der Waals surface area contributed by atoms with Crippen LogP contribution in [0.4, 0.5) is 5.95 Å². The van der Waals surface area contributed by atoms with E-state index >= 15 is 0 Å². The number of rotatable bonds is 5. The van der Waals surface area contributed by atoms with Gasteiger partial charge in [-0.05, 0) is 25.0 Å². The van der Waals surface area contributed by atoms with Gasteiger partial charge in [-0.3, -0.25) is 4.90 Å². The van der Waals surface area contributed by atoms with Gasteiger partial charge in [0.15, 0.2) is 0 Å². The average Bonchev–Trinajstić information content (AvgIpc) is 3.16. The summed E-state index contributed by atoms with van der Waals surface area (Å²) in [5.41, 5.74) is -0.769. The predicted octanol–water partition coefficient (Wildman–Crippen LogP) is 1.29. The third-order valence-electron chi connectivity index (χ3n) is 4.23. The summed E-state index contributed by atoms with van der Waals surface area (Å²) in [4.78, 5) is 12.9. The predicted molar refractivity (Wildman–Crippen MR) is 86.2 cm³/mol. The van der Waals surface area contributed by atoms with Crippen LogP contribution < -0.4 is 4.90 Å². The number of aromatic nitrogens is 4. The van der Waals surface area contributed by atoms with Crippen molar-refractivity contribution in [3.8, 4) is 6.07 Å². The molecular formula is C16H20N7. The van der Waals surface area contributed by atoms with Gasteiger partial charge in [-0.2, -0.15) is 10.4 Å². The SMILES string of the molecule is [CH2]CCC(C#N)(N1CCN(c2ncccn2)CC1)n1cccn1. The fourth-order valence-corrected chi connectivity index (χ4v) is 3.06. The lowest BCUT2D eigenvalue weighted by Crippen LogP contribution is -2.58. The van der Waals surface area contributed by atoms with Crippen LogP contribution in [0.5, 0.6) is 0 Å². The van der Waals surface area contributed by atoms with Crippen molar-refractivity contribution in [3.05, 3.63) is 43.8 Å². The molecule has 7 nitrogen and oxygen atoms in total. The van der Waals surface area contributed by atoms with Crippen LogP contribution in [0.3, 0.4) is 0 Å². The summed E-state index contributed by atoms with van der Waals surface area (Å²) < 4.78 is 1.76. The van der Waals surface area contributed by atoms with E-state index in [4.69, 9.17) is 0 Å². The van der Waals surface area contributed by atoms with E-state index in [2.05, 4.69) is 37.9 Å². The molecular weight excluding hydrogens is 290 g/mol. The molecule has 2 aromatic heterocycles. The topological polar surface area (TPSA) is 73.9 Å². The number of hydrogen-bond donors (Lipinski definition) is 0. The molecule has 1 unspecified atom stereocenters. The highest BCUT2D eigenvalue weighted by Crippen LogP contribution is 2.28. The Hall–Kier alpha value is -2.46. The molecule has 1 aliphatic rings. The highest BCUT2D eigenvalue weighted by atomic mass is 15.5. The first kappa shape index (κ1) is 15.4. The van der Waals surface area contributed by atoms with Crippen LogP contribution in [0.15, 0.2) is 36.9 Å². The van der Waals surface area contributed by atoms with Crippen LogP contribution in [-0.4, -0.2) is 50.8 Å². The van der Waals surface area contributed by atoms with Gasteiger partial charge in [0.05, 0.1) is 0 Å². The summed E-state index contributed by atoms with van der Waals surface area (Å²) in [5, 5.41) is 14.2. The van der Waals surface area contributed by atoms with E-state index in [-0.39, 0.29) is 0 Å². The zero-order valence-corrected chi connectivity index (χ0v) is 13.0. The van der Waals surface area contributed by atoms with Gasteiger partial charge >= 0.3 is 0 Å². The second-order valence-corrected chi connectivity index (χ2v) is 5.51. The molecule has 3 rings (SSSR count). The standard InChI is InChI=1S/C16H20N7/c1-2-5-16(14-17,23-9-4-8-20-23)22-12-10-21(11-13-22)15-18-6-3-7-19-15/h3-4,6-9H,1-2,5,10-13H2. The van der Waals surface area contributed by atoms with Gasteiger partial charge in [-0.15, -0.1) is 0 Å². The second-order valence-electron chi connectivity index (χ2n) is 5.51. The van der Waals surface area contributed by atoms with Gasteiger partial charge < -0.3 is 4.90 Å². The summed E-state index contributed by atoms with van der Waals surface area (Å²) >= 11 is 0. The van der Waals surface area contributed by atoms with Crippen LogP contribution in [0.25, 0.3) is 0 Å². The van der Waals surface area contributed by atoms with Gasteiger partial charge in [0.25, 0.3) is 0 Å². The number of hydrogen-bond acceptors (Lipinski definition) is 6. The van der Waals surface area contributed by atoms with Gasteiger partial charge in [-0.1, -0.05) is 6.92 Å². The Morgan fingerprint density at radius 2 is 1.87 bits per heavy atom.